The Kier molecular flexibility index (Phi) is 8.20. The maximum atomic E-state index is 5.03. The Balaban J connectivity index is 1.13. The van der Waals surface area contributed by atoms with Crippen LogP contribution in [0.15, 0.2) is 200 Å². The highest BCUT2D eigenvalue weighted by atomic mass is 15.0. The van der Waals surface area contributed by atoms with Gasteiger partial charge in [-0.25, -0.2) is 15.0 Å². The number of fused-ring (bicyclic) bond motifs is 1. The molecule has 0 bridgehead atoms. The first-order valence-electron chi connectivity index (χ1n) is 17.5. The number of hydrogen-bond donors (Lipinski definition) is 0. The van der Waals surface area contributed by atoms with Gasteiger partial charge in [0.1, 0.15) is 0 Å². The summed E-state index contributed by atoms with van der Waals surface area (Å²) in [5.74, 6) is 1.96. The lowest BCUT2D eigenvalue weighted by atomic mass is 9.91. The molecule has 0 saturated carbocycles. The number of rotatable bonds is 7. The third kappa shape index (κ3) is 6.17. The van der Waals surface area contributed by atoms with Crippen molar-refractivity contribution < 1.29 is 0 Å². The van der Waals surface area contributed by atoms with Crippen LogP contribution < -0.4 is 0 Å². The molecule has 0 fully saturated rings. The zero-order valence-corrected chi connectivity index (χ0v) is 28.4. The van der Waals surface area contributed by atoms with Gasteiger partial charge in [0, 0.05) is 16.7 Å². The first kappa shape index (κ1) is 31.0. The van der Waals surface area contributed by atoms with E-state index in [1.165, 1.54) is 33.4 Å². The molecule has 8 aromatic carbocycles. The van der Waals surface area contributed by atoms with E-state index in [4.69, 9.17) is 15.0 Å². The van der Waals surface area contributed by atoms with Crippen molar-refractivity contribution in [2.45, 2.75) is 0 Å². The smallest absolute Gasteiger partial charge is 0.164 e. The molecule has 0 N–H and O–H groups in total. The minimum atomic E-state index is 0.651. The molecule has 0 radical (unpaired) electrons. The zero-order valence-electron chi connectivity index (χ0n) is 28.4. The number of benzene rings is 8. The molecule has 244 valence electrons. The molecule has 9 rings (SSSR count). The molecule has 0 unspecified atom stereocenters. The molecule has 1 aromatic heterocycles. The summed E-state index contributed by atoms with van der Waals surface area (Å²) < 4.78 is 0. The first-order valence-corrected chi connectivity index (χ1v) is 17.5. The van der Waals surface area contributed by atoms with E-state index in [9.17, 15) is 0 Å². The van der Waals surface area contributed by atoms with E-state index in [1.54, 1.807) is 0 Å². The van der Waals surface area contributed by atoms with Crippen molar-refractivity contribution in [3.63, 3.8) is 0 Å². The van der Waals surface area contributed by atoms with Gasteiger partial charge in [0.05, 0.1) is 0 Å². The molecule has 0 saturated heterocycles. The number of nitrogens with zero attached hydrogens (tertiary/aromatic N) is 3. The summed E-state index contributed by atoms with van der Waals surface area (Å²) >= 11 is 0. The van der Waals surface area contributed by atoms with Gasteiger partial charge >= 0.3 is 0 Å². The lowest BCUT2D eigenvalue weighted by Gasteiger charge is -2.14. The van der Waals surface area contributed by atoms with E-state index >= 15 is 0 Å². The van der Waals surface area contributed by atoms with Crippen molar-refractivity contribution in [2.24, 2.45) is 0 Å². The Morgan fingerprint density at radius 3 is 1.00 bits per heavy atom. The molecule has 0 aliphatic rings. The third-order valence-electron chi connectivity index (χ3n) is 9.54. The van der Waals surface area contributed by atoms with Crippen molar-refractivity contribution in [1.29, 1.82) is 0 Å². The maximum absolute atomic E-state index is 5.03. The van der Waals surface area contributed by atoms with Crippen LogP contribution >= 0.6 is 0 Å². The Morgan fingerprint density at radius 1 is 0.212 bits per heavy atom. The van der Waals surface area contributed by atoms with Crippen molar-refractivity contribution >= 4 is 10.8 Å². The van der Waals surface area contributed by atoms with Crippen molar-refractivity contribution in [1.82, 2.24) is 15.0 Å². The Labute approximate surface area is 303 Å². The van der Waals surface area contributed by atoms with Gasteiger partial charge in [-0.1, -0.05) is 176 Å². The third-order valence-corrected chi connectivity index (χ3v) is 9.54. The Bertz CT molecular complexity index is 2520. The fraction of sp³-hybridized carbons (Fsp3) is 0. The monoisotopic (exact) mass is 663 g/mol. The predicted molar refractivity (Wildman–Crippen MR) is 215 cm³/mol. The van der Waals surface area contributed by atoms with Gasteiger partial charge in [-0.2, -0.15) is 0 Å². The van der Waals surface area contributed by atoms with E-state index in [1.807, 2.05) is 60.7 Å². The highest BCUT2D eigenvalue weighted by Gasteiger charge is 2.16. The van der Waals surface area contributed by atoms with E-state index in [-0.39, 0.29) is 0 Å². The quantitative estimate of drug-likeness (QED) is 0.170. The first-order chi connectivity index (χ1) is 25.8. The van der Waals surface area contributed by atoms with Crippen LogP contribution in [0.1, 0.15) is 0 Å². The van der Waals surface area contributed by atoms with Crippen LogP contribution in [0.4, 0.5) is 0 Å². The van der Waals surface area contributed by atoms with Crippen molar-refractivity contribution in [2.75, 3.05) is 0 Å². The molecular formula is C49H33N3. The second-order valence-corrected chi connectivity index (χ2v) is 12.9. The van der Waals surface area contributed by atoms with Crippen LogP contribution in [0.5, 0.6) is 0 Å². The lowest BCUT2D eigenvalue weighted by Crippen LogP contribution is -2.00. The predicted octanol–water partition coefficient (Wildman–Crippen LogP) is 12.7. The van der Waals surface area contributed by atoms with Gasteiger partial charge in [0.25, 0.3) is 0 Å². The minimum Gasteiger partial charge on any atom is -0.208 e. The highest BCUT2D eigenvalue weighted by molar-refractivity contribution is 6.04. The van der Waals surface area contributed by atoms with E-state index in [0.717, 1.165) is 38.6 Å². The SMILES string of the molecule is c1ccc(-c2cc(-c3ccccc3)cc(-c3ccc(-c4ccc(-c5nc(-c6ccccc6)nc(-c6ccccc6)n5)c5ccccc45)cc3)c2)cc1. The Hall–Kier alpha value is -6.97. The standard InChI is InChI=1S/C49H33N3/c1-5-15-34(16-6-1)40-31-41(35-17-7-2-8-18-35)33-42(32-40)36-25-27-37(28-26-36)43-29-30-46(45-24-14-13-23-44(43)45)49-51-47(38-19-9-3-10-20-38)50-48(52-49)39-21-11-4-12-22-39/h1-33H. The van der Waals surface area contributed by atoms with E-state index in [2.05, 4.69) is 140 Å². The fourth-order valence-electron chi connectivity index (χ4n) is 6.91. The summed E-state index contributed by atoms with van der Waals surface area (Å²) in [6.45, 7) is 0. The van der Waals surface area contributed by atoms with Gasteiger partial charge in [-0.15, -0.1) is 0 Å². The van der Waals surface area contributed by atoms with Crippen LogP contribution in [0, 0.1) is 0 Å². The fourth-order valence-corrected chi connectivity index (χ4v) is 6.91. The molecule has 0 atom stereocenters. The maximum Gasteiger partial charge on any atom is 0.164 e. The average Bonchev–Trinajstić information content (AvgIpc) is 3.24. The van der Waals surface area contributed by atoms with Crippen LogP contribution in [0.25, 0.3) is 89.4 Å². The molecule has 9 aromatic rings. The van der Waals surface area contributed by atoms with Gasteiger partial charge < -0.3 is 0 Å². The lowest BCUT2D eigenvalue weighted by molar-refractivity contribution is 1.08. The summed E-state index contributed by atoms with van der Waals surface area (Å²) in [4.78, 5) is 15.0. The topological polar surface area (TPSA) is 38.7 Å². The largest absolute Gasteiger partial charge is 0.208 e. The summed E-state index contributed by atoms with van der Waals surface area (Å²) in [5, 5.41) is 2.24. The van der Waals surface area contributed by atoms with Gasteiger partial charge in [-0.05, 0) is 79.5 Å². The summed E-state index contributed by atoms with van der Waals surface area (Å²) in [6.07, 6.45) is 0. The minimum absolute atomic E-state index is 0.651. The molecule has 0 spiro atoms. The molecule has 0 aliphatic carbocycles. The molecule has 1 heterocycles. The number of hydrogen-bond acceptors (Lipinski definition) is 3. The molecule has 3 nitrogen and oxygen atoms in total. The summed E-state index contributed by atoms with van der Waals surface area (Å²) in [7, 11) is 0. The molecular weight excluding hydrogens is 631 g/mol. The van der Waals surface area contributed by atoms with Crippen molar-refractivity contribution in [3.05, 3.63) is 200 Å². The van der Waals surface area contributed by atoms with Crippen LogP contribution in [0.2, 0.25) is 0 Å². The average molecular weight is 664 g/mol. The summed E-state index contributed by atoms with van der Waals surface area (Å²) in [6, 6.07) is 70.1. The van der Waals surface area contributed by atoms with E-state index < -0.39 is 0 Å². The van der Waals surface area contributed by atoms with Crippen LogP contribution in [-0.4, -0.2) is 15.0 Å². The molecule has 3 heteroatoms. The van der Waals surface area contributed by atoms with E-state index in [0.29, 0.717) is 17.5 Å². The van der Waals surface area contributed by atoms with Gasteiger partial charge in [0.2, 0.25) is 0 Å². The zero-order chi connectivity index (χ0) is 34.7. The molecule has 52 heavy (non-hydrogen) atoms. The normalized spacial score (nSPS) is 11.1. The van der Waals surface area contributed by atoms with Gasteiger partial charge in [-0.3, -0.25) is 0 Å². The Morgan fingerprint density at radius 2 is 0.538 bits per heavy atom. The van der Waals surface area contributed by atoms with Crippen LogP contribution in [-0.2, 0) is 0 Å². The summed E-state index contributed by atoms with van der Waals surface area (Å²) in [5.41, 5.74) is 12.4. The molecule has 0 amide bonds. The number of aromatic nitrogens is 3. The second kappa shape index (κ2) is 13.7. The van der Waals surface area contributed by atoms with Crippen LogP contribution in [0.3, 0.4) is 0 Å². The molecule has 0 aliphatic heterocycles. The highest BCUT2D eigenvalue weighted by Crippen LogP contribution is 2.38. The van der Waals surface area contributed by atoms with Gasteiger partial charge in [0.15, 0.2) is 17.5 Å². The second-order valence-electron chi connectivity index (χ2n) is 12.9. The van der Waals surface area contributed by atoms with Crippen molar-refractivity contribution in [3.8, 4) is 78.7 Å².